The van der Waals surface area contributed by atoms with Gasteiger partial charge in [0.1, 0.15) is 0 Å². The molecule has 3 heterocycles. The van der Waals surface area contributed by atoms with Gasteiger partial charge in [0.05, 0.1) is 42.4 Å². The van der Waals surface area contributed by atoms with E-state index in [4.69, 9.17) is 4.74 Å². The number of hydrogen-bond acceptors (Lipinski definition) is 6. The van der Waals surface area contributed by atoms with Crippen molar-refractivity contribution in [2.24, 2.45) is 0 Å². The fraction of sp³-hybridized carbons (Fsp3) is 0.478. The Morgan fingerprint density at radius 3 is 2.39 bits per heavy atom. The lowest BCUT2D eigenvalue weighted by Gasteiger charge is -2.34. The fourth-order valence-corrected chi connectivity index (χ4v) is 4.11. The number of aromatic nitrogens is 1. The summed E-state index contributed by atoms with van der Waals surface area (Å²) in [5.41, 5.74) is 0.993. The lowest BCUT2D eigenvalue weighted by Crippen LogP contribution is -2.48. The molecule has 0 saturated carbocycles. The number of carbonyl (C=O) groups excluding carboxylic acids is 1. The first-order chi connectivity index (χ1) is 15.9. The largest absolute Gasteiger partial charge is 0.416 e. The van der Waals surface area contributed by atoms with E-state index in [0.29, 0.717) is 45.1 Å². The molecule has 0 unspecified atom stereocenters. The topological polar surface area (TPSA) is 60.9 Å². The SMILES string of the molecule is O=C(CN1CCN(Cc2ccccn2)CC1)Nc1cc(C(F)(F)F)ccc1N1CCOCC1. The molecule has 2 aliphatic heterocycles. The number of halogens is 3. The van der Waals surface area contributed by atoms with Crippen molar-refractivity contribution in [3.8, 4) is 0 Å². The molecule has 1 amide bonds. The first-order valence-corrected chi connectivity index (χ1v) is 11.1. The highest BCUT2D eigenvalue weighted by molar-refractivity contribution is 5.95. The summed E-state index contributed by atoms with van der Waals surface area (Å²) in [6.45, 7) is 6.02. The molecule has 178 valence electrons. The molecule has 0 radical (unpaired) electrons. The van der Waals surface area contributed by atoms with Gasteiger partial charge in [-0.25, -0.2) is 0 Å². The number of morpholine rings is 1. The van der Waals surface area contributed by atoms with Gasteiger partial charge in [0, 0.05) is 52.0 Å². The van der Waals surface area contributed by atoms with Gasteiger partial charge in [-0.05, 0) is 30.3 Å². The highest BCUT2D eigenvalue weighted by Gasteiger charge is 2.32. The normalized spacial score (nSPS) is 18.3. The molecule has 1 N–H and O–H groups in total. The number of amides is 1. The molecule has 0 aliphatic carbocycles. The van der Waals surface area contributed by atoms with E-state index in [1.165, 1.54) is 6.07 Å². The van der Waals surface area contributed by atoms with Gasteiger partial charge in [-0.2, -0.15) is 13.2 Å². The van der Waals surface area contributed by atoms with Gasteiger partial charge in [-0.3, -0.25) is 19.6 Å². The summed E-state index contributed by atoms with van der Waals surface area (Å²) < 4.78 is 45.2. The number of anilines is 2. The maximum atomic E-state index is 13.3. The number of ether oxygens (including phenoxy) is 1. The van der Waals surface area contributed by atoms with Crippen molar-refractivity contribution in [3.63, 3.8) is 0 Å². The molecule has 0 atom stereocenters. The van der Waals surface area contributed by atoms with E-state index in [1.54, 1.807) is 6.20 Å². The molecule has 10 heteroatoms. The van der Waals surface area contributed by atoms with Gasteiger partial charge < -0.3 is 15.0 Å². The molecule has 2 saturated heterocycles. The molecule has 2 aliphatic rings. The Morgan fingerprint density at radius 2 is 1.73 bits per heavy atom. The van der Waals surface area contributed by atoms with Crippen LogP contribution in [0.4, 0.5) is 24.5 Å². The lowest BCUT2D eigenvalue weighted by atomic mass is 10.1. The summed E-state index contributed by atoms with van der Waals surface area (Å²) >= 11 is 0. The number of nitrogens with zero attached hydrogens (tertiary/aromatic N) is 4. The summed E-state index contributed by atoms with van der Waals surface area (Å²) in [5, 5.41) is 2.73. The Hall–Kier alpha value is -2.69. The van der Waals surface area contributed by atoms with E-state index in [-0.39, 0.29) is 18.1 Å². The third-order valence-electron chi connectivity index (χ3n) is 5.89. The lowest BCUT2D eigenvalue weighted by molar-refractivity contribution is -0.137. The first kappa shape index (κ1) is 23.5. The fourth-order valence-electron chi connectivity index (χ4n) is 4.11. The molecule has 0 spiro atoms. The number of carbonyl (C=O) groups is 1. The van der Waals surface area contributed by atoms with E-state index in [1.807, 2.05) is 28.0 Å². The molecular formula is C23H28F3N5O2. The van der Waals surface area contributed by atoms with Crippen LogP contribution < -0.4 is 10.2 Å². The van der Waals surface area contributed by atoms with E-state index in [2.05, 4.69) is 15.2 Å². The zero-order valence-electron chi connectivity index (χ0n) is 18.4. The predicted octanol–water partition coefficient (Wildman–Crippen LogP) is 2.69. The average Bonchev–Trinajstić information content (AvgIpc) is 2.81. The molecule has 1 aromatic heterocycles. The Bertz CT molecular complexity index is 927. The molecule has 0 bridgehead atoms. The Morgan fingerprint density at radius 1 is 1.00 bits per heavy atom. The molecular weight excluding hydrogens is 435 g/mol. The summed E-state index contributed by atoms with van der Waals surface area (Å²) in [6.07, 6.45) is -2.71. The zero-order chi connectivity index (χ0) is 23.3. The minimum absolute atomic E-state index is 0.135. The van der Waals surface area contributed by atoms with Crippen LogP contribution in [0.3, 0.4) is 0 Å². The summed E-state index contributed by atoms with van der Waals surface area (Å²) in [4.78, 5) is 23.3. The number of pyridine rings is 1. The summed E-state index contributed by atoms with van der Waals surface area (Å²) in [6, 6.07) is 9.34. The Balaban J connectivity index is 1.36. The highest BCUT2D eigenvalue weighted by atomic mass is 19.4. The van der Waals surface area contributed by atoms with Gasteiger partial charge in [0.25, 0.3) is 0 Å². The van der Waals surface area contributed by atoms with Crippen molar-refractivity contribution in [2.45, 2.75) is 12.7 Å². The second-order valence-electron chi connectivity index (χ2n) is 8.25. The zero-order valence-corrected chi connectivity index (χ0v) is 18.4. The van der Waals surface area contributed by atoms with Crippen LogP contribution in [0.15, 0.2) is 42.6 Å². The second-order valence-corrected chi connectivity index (χ2v) is 8.25. The minimum Gasteiger partial charge on any atom is -0.378 e. The Labute approximate surface area is 191 Å². The number of nitrogens with one attached hydrogen (secondary N) is 1. The van der Waals surface area contributed by atoms with Gasteiger partial charge in [-0.1, -0.05) is 6.07 Å². The minimum atomic E-state index is -4.48. The molecule has 2 aromatic rings. The van der Waals surface area contributed by atoms with Crippen LogP contribution in [-0.4, -0.2) is 79.7 Å². The molecule has 1 aromatic carbocycles. The smallest absolute Gasteiger partial charge is 0.378 e. The van der Waals surface area contributed by atoms with E-state index in [9.17, 15) is 18.0 Å². The van der Waals surface area contributed by atoms with Crippen molar-refractivity contribution < 1.29 is 22.7 Å². The van der Waals surface area contributed by atoms with Crippen molar-refractivity contribution in [1.29, 1.82) is 0 Å². The summed E-state index contributed by atoms with van der Waals surface area (Å²) in [7, 11) is 0. The van der Waals surface area contributed by atoms with Crippen LogP contribution in [0.25, 0.3) is 0 Å². The van der Waals surface area contributed by atoms with Crippen LogP contribution in [-0.2, 0) is 22.3 Å². The van der Waals surface area contributed by atoms with Gasteiger partial charge in [0.15, 0.2) is 0 Å². The van der Waals surface area contributed by atoms with Crippen LogP contribution in [0.1, 0.15) is 11.3 Å². The third-order valence-corrected chi connectivity index (χ3v) is 5.89. The molecule has 33 heavy (non-hydrogen) atoms. The van der Waals surface area contributed by atoms with E-state index >= 15 is 0 Å². The maximum Gasteiger partial charge on any atom is 0.416 e. The molecule has 7 nitrogen and oxygen atoms in total. The van der Waals surface area contributed by atoms with Crippen molar-refractivity contribution >= 4 is 17.3 Å². The second kappa shape index (κ2) is 10.5. The van der Waals surface area contributed by atoms with E-state index < -0.39 is 11.7 Å². The monoisotopic (exact) mass is 463 g/mol. The van der Waals surface area contributed by atoms with Crippen LogP contribution >= 0.6 is 0 Å². The first-order valence-electron chi connectivity index (χ1n) is 11.1. The number of rotatable bonds is 6. The standard InChI is InChI=1S/C23H28F3N5O2/c24-23(25,26)18-4-5-21(31-11-13-33-14-12-31)20(15-18)28-22(32)17-30-9-7-29(8-10-30)16-19-3-1-2-6-27-19/h1-6,15H,7-14,16-17H2,(H,28,32). The van der Waals surface area contributed by atoms with Gasteiger partial charge in [-0.15, -0.1) is 0 Å². The quantitative estimate of drug-likeness (QED) is 0.711. The number of benzene rings is 1. The molecule has 2 fully saturated rings. The number of hydrogen-bond donors (Lipinski definition) is 1. The summed E-state index contributed by atoms with van der Waals surface area (Å²) in [5.74, 6) is -0.318. The number of piperazine rings is 1. The van der Waals surface area contributed by atoms with Crippen molar-refractivity contribution in [1.82, 2.24) is 14.8 Å². The van der Waals surface area contributed by atoms with Crippen LogP contribution in [0.5, 0.6) is 0 Å². The van der Waals surface area contributed by atoms with Crippen molar-refractivity contribution in [2.75, 3.05) is 69.2 Å². The van der Waals surface area contributed by atoms with Gasteiger partial charge in [0.2, 0.25) is 5.91 Å². The van der Waals surface area contributed by atoms with Gasteiger partial charge >= 0.3 is 6.18 Å². The molecule has 4 rings (SSSR count). The maximum absolute atomic E-state index is 13.3. The Kier molecular flexibility index (Phi) is 7.46. The van der Waals surface area contributed by atoms with Crippen LogP contribution in [0, 0.1) is 0 Å². The highest BCUT2D eigenvalue weighted by Crippen LogP contribution is 2.35. The number of alkyl halides is 3. The predicted molar refractivity (Wildman–Crippen MR) is 119 cm³/mol. The third kappa shape index (κ3) is 6.43. The van der Waals surface area contributed by atoms with Crippen molar-refractivity contribution in [3.05, 3.63) is 53.9 Å². The average molecular weight is 464 g/mol. The van der Waals surface area contributed by atoms with Crippen LogP contribution in [0.2, 0.25) is 0 Å². The van der Waals surface area contributed by atoms with E-state index in [0.717, 1.165) is 37.5 Å².